The van der Waals surface area contributed by atoms with Crippen LogP contribution in [-0.4, -0.2) is 54.8 Å². The van der Waals surface area contributed by atoms with E-state index >= 15 is 0 Å². The first kappa shape index (κ1) is 20.2. The van der Waals surface area contributed by atoms with Gasteiger partial charge < -0.3 is 19.4 Å². The highest BCUT2D eigenvalue weighted by Crippen LogP contribution is 2.32. The minimum atomic E-state index is -0.463. The molecule has 1 N–H and O–H groups in total. The number of rotatable bonds is 6. The van der Waals surface area contributed by atoms with Crippen LogP contribution in [0.2, 0.25) is 0 Å². The third-order valence-electron chi connectivity index (χ3n) is 4.78. The van der Waals surface area contributed by atoms with Crippen LogP contribution >= 0.6 is 11.8 Å². The molecule has 1 aromatic heterocycles. The second kappa shape index (κ2) is 9.19. The maximum absolute atomic E-state index is 12.6. The smallest absolute Gasteiger partial charge is 0.294 e. The van der Waals surface area contributed by atoms with Crippen LogP contribution in [0.4, 0.5) is 10.5 Å². The molecule has 0 atom stereocenters. The van der Waals surface area contributed by atoms with Crippen molar-refractivity contribution in [3.8, 4) is 0 Å². The number of nitrogens with zero attached hydrogens (tertiary/aromatic N) is 2. The van der Waals surface area contributed by atoms with Crippen molar-refractivity contribution < 1.29 is 23.5 Å². The lowest BCUT2D eigenvalue weighted by Gasteiger charge is -2.28. The number of ether oxygens (including phenoxy) is 1. The summed E-state index contributed by atoms with van der Waals surface area (Å²) in [4.78, 5) is 40.4. The van der Waals surface area contributed by atoms with Crippen LogP contribution in [0.3, 0.4) is 0 Å². The van der Waals surface area contributed by atoms with Gasteiger partial charge in [0.25, 0.3) is 11.1 Å². The van der Waals surface area contributed by atoms with E-state index in [2.05, 4.69) is 10.2 Å². The number of furan rings is 1. The molecule has 156 valence electrons. The fourth-order valence-corrected chi connectivity index (χ4v) is 4.03. The summed E-state index contributed by atoms with van der Waals surface area (Å²) in [7, 11) is 0. The second-order valence-corrected chi connectivity index (χ2v) is 7.81. The molecule has 0 bridgehead atoms. The summed E-state index contributed by atoms with van der Waals surface area (Å²) in [5.74, 6) is -0.293. The highest BCUT2D eigenvalue weighted by Gasteiger charge is 2.36. The molecule has 3 amide bonds. The molecule has 2 saturated heterocycles. The van der Waals surface area contributed by atoms with Gasteiger partial charge in [-0.1, -0.05) is 12.1 Å². The van der Waals surface area contributed by atoms with Gasteiger partial charge in [0.1, 0.15) is 12.3 Å². The van der Waals surface area contributed by atoms with Crippen LogP contribution in [0, 0.1) is 0 Å². The van der Waals surface area contributed by atoms with Crippen molar-refractivity contribution in [1.82, 2.24) is 10.2 Å². The molecule has 0 spiro atoms. The average molecular weight is 427 g/mol. The maximum Gasteiger partial charge on any atom is 0.294 e. The van der Waals surface area contributed by atoms with Crippen molar-refractivity contribution in [2.75, 3.05) is 37.7 Å². The summed E-state index contributed by atoms with van der Waals surface area (Å²) >= 11 is 0.840. The van der Waals surface area contributed by atoms with Crippen LogP contribution in [0.5, 0.6) is 0 Å². The van der Waals surface area contributed by atoms with E-state index in [1.54, 1.807) is 18.2 Å². The van der Waals surface area contributed by atoms with E-state index in [0.29, 0.717) is 23.9 Å². The molecule has 0 unspecified atom stereocenters. The molecule has 9 heteroatoms. The zero-order chi connectivity index (χ0) is 20.9. The van der Waals surface area contributed by atoms with Gasteiger partial charge in [-0.2, -0.15) is 0 Å². The molecule has 0 saturated carbocycles. The highest BCUT2D eigenvalue weighted by molar-refractivity contribution is 8.18. The van der Waals surface area contributed by atoms with Crippen molar-refractivity contribution in [3.63, 3.8) is 0 Å². The Labute approximate surface area is 177 Å². The van der Waals surface area contributed by atoms with Crippen LogP contribution < -0.4 is 10.2 Å². The van der Waals surface area contributed by atoms with E-state index in [-0.39, 0.29) is 13.1 Å². The molecule has 2 aliphatic rings. The first-order valence-corrected chi connectivity index (χ1v) is 10.4. The lowest BCUT2D eigenvalue weighted by atomic mass is 10.1. The first-order chi connectivity index (χ1) is 14.6. The number of thioether (sulfide) groups is 1. The van der Waals surface area contributed by atoms with E-state index in [0.717, 1.165) is 41.0 Å². The van der Waals surface area contributed by atoms with Crippen LogP contribution in [0.15, 0.2) is 52.0 Å². The SMILES string of the molecule is O=C(CN1C(=O)S/C(=C\c2ccc(N3CCOCC3)cc2)C1=O)NCc1ccco1. The first-order valence-electron chi connectivity index (χ1n) is 9.57. The van der Waals surface area contributed by atoms with Crippen LogP contribution in [0.25, 0.3) is 6.08 Å². The Kier molecular flexibility index (Phi) is 6.20. The fraction of sp³-hybridized carbons (Fsp3) is 0.286. The Bertz CT molecular complexity index is 950. The number of hydrogen-bond acceptors (Lipinski definition) is 7. The second-order valence-electron chi connectivity index (χ2n) is 6.81. The third kappa shape index (κ3) is 4.74. The molecule has 2 fully saturated rings. The Balaban J connectivity index is 1.36. The minimum absolute atomic E-state index is 0.202. The van der Waals surface area contributed by atoms with Crippen molar-refractivity contribution in [3.05, 3.63) is 58.9 Å². The fourth-order valence-electron chi connectivity index (χ4n) is 3.19. The van der Waals surface area contributed by atoms with Gasteiger partial charge in [-0.15, -0.1) is 0 Å². The number of hydrogen-bond donors (Lipinski definition) is 1. The molecule has 30 heavy (non-hydrogen) atoms. The van der Waals surface area contributed by atoms with Crippen molar-refractivity contribution in [2.24, 2.45) is 0 Å². The summed E-state index contributed by atoms with van der Waals surface area (Å²) in [6.07, 6.45) is 3.19. The Morgan fingerprint density at radius 1 is 1.13 bits per heavy atom. The van der Waals surface area contributed by atoms with Crippen LogP contribution in [-0.2, 0) is 20.9 Å². The quantitative estimate of drug-likeness (QED) is 0.708. The van der Waals surface area contributed by atoms with Gasteiger partial charge in [0.2, 0.25) is 5.91 Å². The van der Waals surface area contributed by atoms with Gasteiger partial charge in [-0.3, -0.25) is 19.3 Å². The maximum atomic E-state index is 12.6. The molecule has 0 aliphatic carbocycles. The molecular weight excluding hydrogens is 406 g/mol. The van der Waals surface area contributed by atoms with E-state index < -0.39 is 17.1 Å². The molecule has 2 aromatic rings. The topological polar surface area (TPSA) is 92.1 Å². The number of anilines is 1. The van der Waals surface area contributed by atoms with Gasteiger partial charge in [0.15, 0.2) is 0 Å². The summed E-state index contributed by atoms with van der Waals surface area (Å²) in [5.41, 5.74) is 1.91. The summed E-state index contributed by atoms with van der Waals surface area (Å²) in [6.45, 7) is 3.00. The summed E-state index contributed by atoms with van der Waals surface area (Å²) in [5, 5.41) is 2.18. The van der Waals surface area contributed by atoms with Gasteiger partial charge >= 0.3 is 0 Å². The van der Waals surface area contributed by atoms with Gasteiger partial charge in [0, 0.05) is 18.8 Å². The largest absolute Gasteiger partial charge is 0.467 e. The Hall–Kier alpha value is -3.04. The normalized spacial score (nSPS) is 18.3. The van der Waals surface area contributed by atoms with E-state index in [4.69, 9.17) is 9.15 Å². The van der Waals surface area contributed by atoms with Gasteiger partial charge in [-0.25, -0.2) is 0 Å². The third-order valence-corrected chi connectivity index (χ3v) is 5.69. The van der Waals surface area contributed by atoms with E-state index in [9.17, 15) is 14.4 Å². The molecule has 3 heterocycles. The van der Waals surface area contributed by atoms with Crippen LogP contribution in [0.1, 0.15) is 11.3 Å². The monoisotopic (exact) mass is 427 g/mol. The number of morpholine rings is 1. The van der Waals surface area contributed by atoms with Crippen molar-refractivity contribution in [2.45, 2.75) is 6.54 Å². The number of carbonyl (C=O) groups excluding carboxylic acids is 3. The molecule has 0 radical (unpaired) electrons. The minimum Gasteiger partial charge on any atom is -0.467 e. The Morgan fingerprint density at radius 2 is 1.90 bits per heavy atom. The lowest BCUT2D eigenvalue weighted by molar-refractivity contribution is -0.129. The molecule has 4 rings (SSSR count). The van der Waals surface area contributed by atoms with Gasteiger partial charge in [-0.05, 0) is 47.7 Å². The van der Waals surface area contributed by atoms with E-state index in [1.807, 2.05) is 24.3 Å². The summed E-state index contributed by atoms with van der Waals surface area (Å²) < 4.78 is 10.5. The number of nitrogens with one attached hydrogen (secondary N) is 1. The predicted molar refractivity (Wildman–Crippen MR) is 113 cm³/mol. The highest BCUT2D eigenvalue weighted by atomic mass is 32.2. The molecule has 1 aromatic carbocycles. The van der Waals surface area contributed by atoms with Crippen molar-refractivity contribution >= 4 is 40.6 Å². The average Bonchev–Trinajstić information content (AvgIpc) is 3.38. The molecule has 8 nitrogen and oxygen atoms in total. The van der Waals surface area contributed by atoms with Crippen molar-refractivity contribution in [1.29, 1.82) is 0 Å². The summed E-state index contributed by atoms with van der Waals surface area (Å²) in [6, 6.07) is 11.3. The number of imide groups is 1. The molecular formula is C21H21N3O5S. The number of carbonyl (C=O) groups is 3. The lowest BCUT2D eigenvalue weighted by Crippen LogP contribution is -2.39. The number of amides is 3. The van der Waals surface area contributed by atoms with E-state index in [1.165, 1.54) is 6.26 Å². The predicted octanol–water partition coefficient (Wildman–Crippen LogP) is 2.47. The standard InChI is InChI=1S/C21H21N3O5S/c25-19(22-13-17-2-1-9-29-17)14-24-20(26)18(30-21(24)27)12-15-3-5-16(6-4-15)23-7-10-28-11-8-23/h1-6,9,12H,7-8,10-11,13-14H2,(H,22,25)/b18-12-. The number of benzene rings is 1. The zero-order valence-corrected chi connectivity index (χ0v) is 17.0. The van der Waals surface area contributed by atoms with Gasteiger partial charge in [0.05, 0.1) is 30.9 Å². The molecule has 2 aliphatic heterocycles. The Morgan fingerprint density at radius 3 is 2.60 bits per heavy atom. The zero-order valence-electron chi connectivity index (χ0n) is 16.2.